The van der Waals surface area contributed by atoms with Gasteiger partial charge in [-0.3, -0.25) is 4.79 Å². The first-order valence-electron chi connectivity index (χ1n) is 7.42. The van der Waals surface area contributed by atoms with Crippen molar-refractivity contribution in [1.29, 1.82) is 5.26 Å². The van der Waals surface area contributed by atoms with Crippen LogP contribution in [0.2, 0.25) is 0 Å². The number of nitriles is 1. The van der Waals surface area contributed by atoms with Crippen LogP contribution in [0.1, 0.15) is 16.6 Å². The van der Waals surface area contributed by atoms with Gasteiger partial charge in [0.2, 0.25) is 0 Å². The second kappa shape index (κ2) is 7.92. The van der Waals surface area contributed by atoms with Gasteiger partial charge in [0.25, 0.3) is 5.91 Å². The average Bonchev–Trinajstić information content (AvgIpc) is 3.31. The molecule has 3 rings (SSSR count). The van der Waals surface area contributed by atoms with E-state index in [0.29, 0.717) is 16.3 Å². The van der Waals surface area contributed by atoms with Gasteiger partial charge in [-0.25, -0.2) is 0 Å². The highest BCUT2D eigenvalue weighted by Gasteiger charge is 2.17. The highest BCUT2D eigenvalue weighted by molar-refractivity contribution is 7.99. The van der Waals surface area contributed by atoms with Crippen LogP contribution in [-0.4, -0.2) is 31.9 Å². The summed E-state index contributed by atoms with van der Waals surface area (Å²) in [5.74, 6) is 0.387. The van der Waals surface area contributed by atoms with Crippen LogP contribution in [0.25, 0.3) is 5.69 Å². The van der Waals surface area contributed by atoms with Crippen molar-refractivity contribution in [3.05, 3.63) is 46.9 Å². The molecule has 0 radical (unpaired) electrons. The summed E-state index contributed by atoms with van der Waals surface area (Å²) in [4.78, 5) is 14.1. The number of para-hydroxylation sites is 1. The Morgan fingerprint density at radius 2 is 2.28 bits per heavy atom. The first-order valence-corrected chi connectivity index (χ1v) is 9.29. The molecule has 0 bridgehead atoms. The quantitative estimate of drug-likeness (QED) is 0.669. The number of aromatic nitrogens is 4. The molecule has 1 atom stereocenters. The van der Waals surface area contributed by atoms with Crippen LogP contribution in [0.5, 0.6) is 0 Å². The number of thiophene rings is 1. The van der Waals surface area contributed by atoms with Crippen LogP contribution in [0.4, 0.5) is 5.69 Å². The fourth-order valence-corrected chi connectivity index (χ4v) is 3.78. The third-order valence-electron chi connectivity index (χ3n) is 3.29. The van der Waals surface area contributed by atoms with Gasteiger partial charge in [-0.15, -0.1) is 28.2 Å². The Morgan fingerprint density at radius 1 is 1.44 bits per heavy atom. The summed E-state index contributed by atoms with van der Waals surface area (Å²) in [5.41, 5.74) is 1.36. The molecule has 2 heterocycles. The monoisotopic (exact) mass is 370 g/mol. The van der Waals surface area contributed by atoms with E-state index in [-0.39, 0.29) is 11.8 Å². The van der Waals surface area contributed by atoms with Gasteiger partial charge in [-0.1, -0.05) is 12.1 Å². The summed E-state index contributed by atoms with van der Waals surface area (Å²) >= 11 is 2.87. The summed E-state index contributed by atoms with van der Waals surface area (Å²) in [5, 5.41) is 24.7. The van der Waals surface area contributed by atoms with E-state index in [1.54, 1.807) is 17.8 Å². The van der Waals surface area contributed by atoms with Crippen LogP contribution in [0, 0.1) is 17.2 Å². The number of anilines is 1. The molecular weight excluding hydrogens is 356 g/mol. The largest absolute Gasteiger partial charge is 0.320 e. The molecule has 0 aliphatic rings. The van der Waals surface area contributed by atoms with Crippen molar-refractivity contribution in [2.45, 2.75) is 11.8 Å². The van der Waals surface area contributed by atoms with E-state index in [4.69, 9.17) is 5.26 Å². The van der Waals surface area contributed by atoms with Gasteiger partial charge < -0.3 is 5.32 Å². The maximum absolute atomic E-state index is 12.7. The lowest BCUT2D eigenvalue weighted by molar-refractivity contribution is 0.103. The van der Waals surface area contributed by atoms with Gasteiger partial charge in [0, 0.05) is 10.6 Å². The van der Waals surface area contributed by atoms with Gasteiger partial charge in [-0.2, -0.15) is 9.94 Å². The second-order valence-corrected chi connectivity index (χ2v) is 7.16. The smallest absolute Gasteiger partial charge is 0.267 e. The number of benzene rings is 1. The van der Waals surface area contributed by atoms with Crippen LogP contribution < -0.4 is 5.32 Å². The van der Waals surface area contributed by atoms with Crippen LogP contribution in [0.3, 0.4) is 0 Å². The molecule has 0 saturated carbocycles. The minimum absolute atomic E-state index is 0.0579. The molecule has 1 aromatic carbocycles. The van der Waals surface area contributed by atoms with Crippen molar-refractivity contribution in [3.8, 4) is 11.8 Å². The Hall–Kier alpha value is -2.70. The number of rotatable bonds is 6. The first-order chi connectivity index (χ1) is 12.2. The number of carbonyl (C=O) groups is 1. The molecule has 126 valence electrons. The summed E-state index contributed by atoms with van der Waals surface area (Å²) in [6.07, 6.45) is 1.45. The van der Waals surface area contributed by atoms with E-state index < -0.39 is 0 Å². The lowest BCUT2D eigenvalue weighted by Crippen LogP contribution is -2.13. The van der Waals surface area contributed by atoms with Gasteiger partial charge in [-0.05, 0) is 40.9 Å². The molecular formula is C16H14N6OS2. The van der Waals surface area contributed by atoms with E-state index in [2.05, 4.69) is 26.9 Å². The van der Waals surface area contributed by atoms with Crippen LogP contribution in [0.15, 0.2) is 46.9 Å². The molecule has 3 aromatic rings. The van der Waals surface area contributed by atoms with Crippen molar-refractivity contribution in [3.63, 3.8) is 0 Å². The number of hydrogen-bond donors (Lipinski definition) is 1. The lowest BCUT2D eigenvalue weighted by atomic mass is 10.3. The molecule has 0 aliphatic carbocycles. The number of nitrogens with zero attached hydrogens (tertiary/aromatic N) is 5. The van der Waals surface area contributed by atoms with E-state index in [9.17, 15) is 4.79 Å². The predicted molar refractivity (Wildman–Crippen MR) is 96.9 cm³/mol. The molecule has 1 unspecified atom stereocenters. The van der Waals surface area contributed by atoms with Crippen molar-refractivity contribution in [2.75, 3.05) is 11.1 Å². The van der Waals surface area contributed by atoms with E-state index in [0.717, 1.165) is 10.6 Å². The zero-order chi connectivity index (χ0) is 17.6. The molecule has 9 heteroatoms. The van der Waals surface area contributed by atoms with Crippen LogP contribution >= 0.6 is 23.1 Å². The van der Waals surface area contributed by atoms with Crippen molar-refractivity contribution in [2.24, 2.45) is 5.92 Å². The standard InChI is InChI=1S/C16H14N6OS2/c1-11(8-17)9-25-14-5-3-2-4-12(14)19-16(23)15-13(6-7-24-15)22-10-18-20-21-22/h2-7,10-11H,9H2,1H3,(H,19,23). The lowest BCUT2D eigenvalue weighted by Gasteiger charge is -2.11. The highest BCUT2D eigenvalue weighted by Crippen LogP contribution is 2.30. The Labute approximate surface area is 152 Å². The summed E-state index contributed by atoms with van der Waals surface area (Å²) in [6, 6.07) is 11.6. The normalized spacial score (nSPS) is 11.7. The van der Waals surface area contributed by atoms with E-state index in [1.807, 2.05) is 36.6 Å². The molecule has 0 spiro atoms. The average molecular weight is 370 g/mol. The number of amides is 1. The predicted octanol–water partition coefficient (Wildman–Crippen LogP) is 3.23. The number of thioether (sulfide) groups is 1. The summed E-state index contributed by atoms with van der Waals surface area (Å²) in [7, 11) is 0. The Kier molecular flexibility index (Phi) is 5.42. The molecule has 1 amide bonds. The zero-order valence-electron chi connectivity index (χ0n) is 13.3. The second-order valence-electron chi connectivity index (χ2n) is 5.18. The third-order valence-corrected chi connectivity index (χ3v) is 5.53. The summed E-state index contributed by atoms with van der Waals surface area (Å²) in [6.45, 7) is 1.87. The SMILES string of the molecule is CC(C#N)CSc1ccccc1NC(=O)c1sccc1-n1cnnn1. The minimum Gasteiger partial charge on any atom is -0.320 e. The number of tetrazole rings is 1. The molecule has 0 fully saturated rings. The molecule has 7 nitrogen and oxygen atoms in total. The van der Waals surface area contributed by atoms with Crippen LogP contribution in [-0.2, 0) is 0 Å². The van der Waals surface area contributed by atoms with Gasteiger partial charge in [0.05, 0.1) is 23.4 Å². The third kappa shape index (κ3) is 4.04. The Morgan fingerprint density at radius 3 is 3.04 bits per heavy atom. The van der Waals surface area contributed by atoms with Crippen molar-refractivity contribution >= 4 is 34.7 Å². The number of carbonyl (C=O) groups excluding carboxylic acids is 1. The van der Waals surface area contributed by atoms with Crippen molar-refractivity contribution in [1.82, 2.24) is 20.2 Å². The van der Waals surface area contributed by atoms with E-state index >= 15 is 0 Å². The minimum atomic E-state index is -0.220. The fraction of sp³-hybridized carbons (Fsp3) is 0.188. The molecule has 1 N–H and O–H groups in total. The molecule has 2 aromatic heterocycles. The topological polar surface area (TPSA) is 96.5 Å². The number of hydrogen-bond acceptors (Lipinski definition) is 7. The Balaban J connectivity index is 1.79. The van der Waals surface area contributed by atoms with Gasteiger partial charge >= 0.3 is 0 Å². The van der Waals surface area contributed by atoms with Gasteiger partial charge in [0.15, 0.2) is 0 Å². The fourth-order valence-electron chi connectivity index (χ4n) is 2.05. The maximum atomic E-state index is 12.7. The molecule has 0 saturated heterocycles. The molecule has 0 aliphatic heterocycles. The highest BCUT2D eigenvalue weighted by atomic mass is 32.2. The zero-order valence-corrected chi connectivity index (χ0v) is 14.9. The maximum Gasteiger partial charge on any atom is 0.267 e. The van der Waals surface area contributed by atoms with E-state index in [1.165, 1.54) is 22.3 Å². The first kappa shape index (κ1) is 17.1. The Bertz CT molecular complexity index is 899. The number of nitrogens with one attached hydrogen (secondary N) is 1. The molecule has 25 heavy (non-hydrogen) atoms. The summed E-state index contributed by atoms with van der Waals surface area (Å²) < 4.78 is 1.46. The van der Waals surface area contributed by atoms with Gasteiger partial charge in [0.1, 0.15) is 11.2 Å². The van der Waals surface area contributed by atoms with Crippen molar-refractivity contribution < 1.29 is 4.79 Å².